The van der Waals surface area contributed by atoms with Crippen LogP contribution in [0.3, 0.4) is 0 Å². The van der Waals surface area contributed by atoms with Gasteiger partial charge in [-0.25, -0.2) is 4.57 Å². The molecule has 9 nitrogen and oxygen atoms in total. The predicted molar refractivity (Wildman–Crippen MR) is 215 cm³/mol. The van der Waals surface area contributed by atoms with Crippen molar-refractivity contribution >= 4 is 19.8 Å². The first-order valence-corrected chi connectivity index (χ1v) is 22.5. The number of hydrogen-bond donors (Lipinski definition) is 2. The first kappa shape index (κ1) is 50.2. The number of nitrogens with two attached hydrogens (primary N) is 1. The van der Waals surface area contributed by atoms with E-state index in [2.05, 4.69) is 50.3 Å². The van der Waals surface area contributed by atoms with E-state index in [-0.39, 0.29) is 32.6 Å². The molecule has 52 heavy (non-hydrogen) atoms. The molecule has 0 saturated carbocycles. The van der Waals surface area contributed by atoms with Gasteiger partial charge in [0.2, 0.25) is 0 Å². The standard InChI is InChI=1S/C42H78NO8P/c1-3-5-7-9-11-13-15-17-18-19-20-21-23-24-26-28-30-32-34-41(44)48-38-40(39-50-52(46,47)49-37-36-43)51-42(45)35-33-31-29-27-25-22-16-14-12-10-8-6-4-2/h8,10,14,16,18-19,40H,3-7,9,11-13,15,17,20-39,43H2,1-2H3,(H,46,47)/b10-8-,16-14-,19-18-. The van der Waals surface area contributed by atoms with Crippen molar-refractivity contribution in [3.8, 4) is 0 Å². The molecule has 0 amide bonds. The fourth-order valence-corrected chi connectivity index (χ4v) is 6.37. The molecule has 2 atom stereocenters. The van der Waals surface area contributed by atoms with E-state index in [1.54, 1.807) is 0 Å². The summed E-state index contributed by atoms with van der Waals surface area (Å²) >= 11 is 0. The molecule has 0 rings (SSSR count). The van der Waals surface area contributed by atoms with Gasteiger partial charge in [0, 0.05) is 19.4 Å². The number of allylic oxidation sites excluding steroid dienone is 6. The number of ether oxygens (including phenoxy) is 2. The van der Waals surface area contributed by atoms with Gasteiger partial charge in [0.15, 0.2) is 6.10 Å². The highest BCUT2D eigenvalue weighted by atomic mass is 31.2. The summed E-state index contributed by atoms with van der Waals surface area (Å²) < 4.78 is 32.7. The van der Waals surface area contributed by atoms with Gasteiger partial charge in [0.1, 0.15) is 6.61 Å². The molecule has 0 fully saturated rings. The lowest BCUT2D eigenvalue weighted by atomic mass is 10.1. The lowest BCUT2D eigenvalue weighted by Crippen LogP contribution is -2.29. The zero-order valence-electron chi connectivity index (χ0n) is 33.3. The number of rotatable bonds is 39. The van der Waals surface area contributed by atoms with Gasteiger partial charge in [-0.3, -0.25) is 18.6 Å². The maximum atomic E-state index is 12.5. The molecule has 0 aliphatic carbocycles. The molecule has 0 aliphatic heterocycles. The molecule has 2 unspecified atom stereocenters. The van der Waals surface area contributed by atoms with Crippen molar-refractivity contribution in [2.75, 3.05) is 26.4 Å². The highest BCUT2D eigenvalue weighted by molar-refractivity contribution is 7.47. The molecule has 304 valence electrons. The Morgan fingerprint density at radius 1 is 0.577 bits per heavy atom. The van der Waals surface area contributed by atoms with E-state index < -0.39 is 32.5 Å². The molecule has 0 saturated heterocycles. The summed E-state index contributed by atoms with van der Waals surface area (Å²) in [4.78, 5) is 34.8. The second kappa shape index (κ2) is 38.9. The zero-order chi connectivity index (χ0) is 38.2. The van der Waals surface area contributed by atoms with Crippen LogP contribution in [-0.2, 0) is 32.7 Å². The summed E-state index contributed by atoms with van der Waals surface area (Å²) in [5.74, 6) is -0.849. The van der Waals surface area contributed by atoms with Crippen molar-refractivity contribution in [1.29, 1.82) is 0 Å². The third kappa shape index (κ3) is 38.0. The number of unbranched alkanes of at least 4 members (excludes halogenated alkanes) is 20. The number of carbonyl (C=O) groups excluding carboxylic acids is 2. The lowest BCUT2D eigenvalue weighted by molar-refractivity contribution is -0.161. The van der Waals surface area contributed by atoms with Gasteiger partial charge < -0.3 is 20.1 Å². The van der Waals surface area contributed by atoms with Crippen molar-refractivity contribution in [3.63, 3.8) is 0 Å². The Balaban J connectivity index is 4.16. The topological polar surface area (TPSA) is 134 Å². The predicted octanol–water partition coefficient (Wildman–Crippen LogP) is 11.8. The van der Waals surface area contributed by atoms with Crippen molar-refractivity contribution in [2.45, 2.75) is 193 Å². The summed E-state index contributed by atoms with van der Waals surface area (Å²) in [5, 5.41) is 0. The normalized spacial score (nSPS) is 13.7. The number of phosphoric ester groups is 1. The minimum Gasteiger partial charge on any atom is -0.462 e. The monoisotopic (exact) mass is 756 g/mol. The van der Waals surface area contributed by atoms with Gasteiger partial charge in [-0.15, -0.1) is 0 Å². The van der Waals surface area contributed by atoms with Gasteiger partial charge in [0.05, 0.1) is 13.2 Å². The van der Waals surface area contributed by atoms with Crippen LogP contribution in [0.4, 0.5) is 0 Å². The third-order valence-corrected chi connectivity index (χ3v) is 9.71. The summed E-state index contributed by atoms with van der Waals surface area (Å²) in [6.45, 7) is 3.64. The quantitative estimate of drug-likeness (QED) is 0.0272. The van der Waals surface area contributed by atoms with E-state index in [0.29, 0.717) is 6.42 Å². The Morgan fingerprint density at radius 2 is 1.04 bits per heavy atom. The van der Waals surface area contributed by atoms with Gasteiger partial charge in [-0.1, -0.05) is 147 Å². The molecule has 0 radical (unpaired) electrons. The van der Waals surface area contributed by atoms with Crippen molar-refractivity contribution in [3.05, 3.63) is 36.5 Å². The summed E-state index contributed by atoms with van der Waals surface area (Å²) in [5.41, 5.74) is 5.34. The van der Waals surface area contributed by atoms with Crippen LogP contribution in [0, 0.1) is 0 Å². The second-order valence-corrected chi connectivity index (χ2v) is 15.3. The SMILES string of the molecule is CCC/C=C\C/C=C\CCCCCCCC(=O)OC(COC(=O)CCCCCCCCC/C=C\CCCCCCCCC)COP(=O)(O)OCCN. The van der Waals surface area contributed by atoms with Crippen LogP contribution in [0.5, 0.6) is 0 Å². The number of carbonyl (C=O) groups is 2. The Kier molecular flexibility index (Phi) is 37.6. The average Bonchev–Trinajstić information content (AvgIpc) is 3.13. The molecule has 0 aromatic carbocycles. The third-order valence-electron chi connectivity index (χ3n) is 8.73. The fraction of sp³-hybridized carbons (Fsp3) is 0.810. The minimum absolute atomic E-state index is 0.0500. The van der Waals surface area contributed by atoms with Gasteiger partial charge >= 0.3 is 19.8 Å². The summed E-state index contributed by atoms with van der Waals surface area (Å²) in [6, 6.07) is 0. The minimum atomic E-state index is -4.38. The Morgan fingerprint density at radius 3 is 1.56 bits per heavy atom. The van der Waals surface area contributed by atoms with Crippen LogP contribution >= 0.6 is 7.82 Å². The maximum absolute atomic E-state index is 12.5. The maximum Gasteiger partial charge on any atom is 0.472 e. The molecular formula is C42H78NO8P. The first-order valence-electron chi connectivity index (χ1n) is 21.0. The van der Waals surface area contributed by atoms with Crippen molar-refractivity contribution in [1.82, 2.24) is 0 Å². The van der Waals surface area contributed by atoms with Gasteiger partial charge in [-0.2, -0.15) is 0 Å². The fourth-order valence-electron chi connectivity index (χ4n) is 5.61. The van der Waals surface area contributed by atoms with Crippen molar-refractivity contribution in [2.24, 2.45) is 5.73 Å². The Hall–Kier alpha value is -1.77. The van der Waals surface area contributed by atoms with E-state index in [1.165, 1.54) is 77.0 Å². The van der Waals surface area contributed by atoms with Crippen LogP contribution in [0.1, 0.15) is 187 Å². The van der Waals surface area contributed by atoms with E-state index >= 15 is 0 Å². The number of hydrogen-bond acceptors (Lipinski definition) is 8. The molecule has 10 heteroatoms. The Labute approximate surface area is 318 Å². The van der Waals surface area contributed by atoms with E-state index in [4.69, 9.17) is 24.3 Å². The van der Waals surface area contributed by atoms with Crippen molar-refractivity contribution < 1.29 is 37.6 Å². The molecule has 0 aliphatic rings. The molecule has 0 aromatic heterocycles. The lowest BCUT2D eigenvalue weighted by Gasteiger charge is -2.19. The van der Waals surface area contributed by atoms with E-state index in [0.717, 1.165) is 77.0 Å². The number of phosphoric acid groups is 1. The molecule has 0 heterocycles. The van der Waals surface area contributed by atoms with Crippen LogP contribution in [-0.4, -0.2) is 49.3 Å². The molecule has 3 N–H and O–H groups in total. The van der Waals surface area contributed by atoms with Crippen LogP contribution in [0.15, 0.2) is 36.5 Å². The highest BCUT2D eigenvalue weighted by Crippen LogP contribution is 2.43. The van der Waals surface area contributed by atoms with Gasteiger partial charge in [0.25, 0.3) is 0 Å². The number of esters is 2. The molecule has 0 bridgehead atoms. The molecular weight excluding hydrogens is 677 g/mol. The smallest absolute Gasteiger partial charge is 0.462 e. The van der Waals surface area contributed by atoms with E-state index in [1.807, 2.05) is 0 Å². The van der Waals surface area contributed by atoms with Crippen LogP contribution in [0.25, 0.3) is 0 Å². The second-order valence-electron chi connectivity index (χ2n) is 13.8. The molecule has 0 spiro atoms. The van der Waals surface area contributed by atoms with Crippen LogP contribution < -0.4 is 5.73 Å². The zero-order valence-corrected chi connectivity index (χ0v) is 34.2. The van der Waals surface area contributed by atoms with Gasteiger partial charge in [-0.05, 0) is 64.2 Å². The summed E-state index contributed by atoms with van der Waals surface area (Å²) in [7, 11) is -4.38. The highest BCUT2D eigenvalue weighted by Gasteiger charge is 2.26. The average molecular weight is 756 g/mol. The summed E-state index contributed by atoms with van der Waals surface area (Å²) in [6.07, 6.45) is 41.7. The first-order chi connectivity index (χ1) is 25.3. The van der Waals surface area contributed by atoms with Crippen LogP contribution in [0.2, 0.25) is 0 Å². The van der Waals surface area contributed by atoms with E-state index in [9.17, 15) is 19.0 Å². The largest absolute Gasteiger partial charge is 0.472 e. The Bertz CT molecular complexity index is 954. The molecule has 0 aromatic rings.